The minimum absolute atomic E-state index is 0.0722. The SMILES string of the molecule is C=C(/N=C1\C(=C/N)C=C(C(=O)N(C)C)N1C1CCCC1)Nc1ccc(CN2CC(O)C2)cn1. The van der Waals surface area contributed by atoms with Gasteiger partial charge in [-0.3, -0.25) is 9.69 Å². The summed E-state index contributed by atoms with van der Waals surface area (Å²) in [7, 11) is 3.49. The molecule has 0 atom stereocenters. The lowest BCUT2D eigenvalue weighted by Gasteiger charge is -2.35. The van der Waals surface area contributed by atoms with Crippen LogP contribution in [0.5, 0.6) is 0 Å². The van der Waals surface area contributed by atoms with Crippen molar-refractivity contribution < 1.29 is 9.90 Å². The molecule has 0 radical (unpaired) electrons. The van der Waals surface area contributed by atoms with Crippen LogP contribution in [0.15, 0.2) is 59.3 Å². The second kappa shape index (κ2) is 9.76. The Morgan fingerprint density at radius 3 is 2.67 bits per heavy atom. The number of nitrogens with zero attached hydrogens (tertiary/aromatic N) is 5. The zero-order valence-electron chi connectivity index (χ0n) is 19.4. The molecule has 1 aliphatic carbocycles. The fourth-order valence-corrected chi connectivity index (χ4v) is 4.53. The molecular formula is C24H33N7O2. The third-order valence-electron chi connectivity index (χ3n) is 6.21. The van der Waals surface area contributed by atoms with E-state index in [-0.39, 0.29) is 18.1 Å². The van der Waals surface area contributed by atoms with E-state index in [1.165, 1.54) is 6.20 Å². The quantitative estimate of drug-likeness (QED) is 0.578. The first kappa shape index (κ1) is 23.0. The van der Waals surface area contributed by atoms with Crippen LogP contribution in [-0.4, -0.2) is 75.9 Å². The van der Waals surface area contributed by atoms with Crippen LogP contribution in [-0.2, 0) is 11.3 Å². The van der Waals surface area contributed by atoms with Crippen LogP contribution in [0.3, 0.4) is 0 Å². The molecular weight excluding hydrogens is 418 g/mol. The molecule has 33 heavy (non-hydrogen) atoms. The Kier molecular flexibility index (Phi) is 6.80. The van der Waals surface area contributed by atoms with Crippen LogP contribution < -0.4 is 11.1 Å². The van der Waals surface area contributed by atoms with Gasteiger partial charge in [0.1, 0.15) is 23.2 Å². The molecule has 4 rings (SSSR count). The molecule has 1 amide bonds. The number of aliphatic imine (C=N–C) groups is 1. The van der Waals surface area contributed by atoms with E-state index in [9.17, 15) is 9.90 Å². The molecule has 4 N–H and O–H groups in total. The molecule has 3 aliphatic rings. The molecule has 0 bridgehead atoms. The largest absolute Gasteiger partial charge is 0.404 e. The van der Waals surface area contributed by atoms with Gasteiger partial charge < -0.3 is 26.0 Å². The fraction of sp³-hybridized carbons (Fsp3) is 0.458. The van der Waals surface area contributed by atoms with Crippen molar-refractivity contribution in [3.63, 3.8) is 0 Å². The number of carbonyl (C=O) groups excluding carboxylic acids is 1. The predicted molar refractivity (Wildman–Crippen MR) is 129 cm³/mol. The summed E-state index contributed by atoms with van der Waals surface area (Å²) >= 11 is 0. The average molecular weight is 452 g/mol. The Balaban J connectivity index is 1.49. The zero-order chi connectivity index (χ0) is 23.5. The van der Waals surface area contributed by atoms with Crippen LogP contribution in [0.2, 0.25) is 0 Å². The topological polar surface area (TPSA) is 110 Å². The number of hydrogen-bond acceptors (Lipinski definition) is 7. The first-order valence-electron chi connectivity index (χ1n) is 11.4. The second-order valence-corrected chi connectivity index (χ2v) is 9.07. The Morgan fingerprint density at radius 2 is 2.09 bits per heavy atom. The summed E-state index contributed by atoms with van der Waals surface area (Å²) in [5, 5.41) is 12.6. The van der Waals surface area contributed by atoms with Crippen LogP contribution in [0.1, 0.15) is 31.2 Å². The normalized spacial score (nSPS) is 22.0. The van der Waals surface area contributed by atoms with E-state index in [1.807, 2.05) is 29.3 Å². The van der Waals surface area contributed by atoms with Gasteiger partial charge in [-0.2, -0.15) is 0 Å². The van der Waals surface area contributed by atoms with Gasteiger partial charge in [0.15, 0.2) is 0 Å². The van der Waals surface area contributed by atoms with Crippen molar-refractivity contribution in [2.75, 3.05) is 32.5 Å². The third kappa shape index (κ3) is 5.09. The number of nitrogens with two attached hydrogens (primary N) is 1. The van der Waals surface area contributed by atoms with Gasteiger partial charge in [-0.1, -0.05) is 25.5 Å². The van der Waals surface area contributed by atoms with Gasteiger partial charge in [0.25, 0.3) is 5.91 Å². The Labute approximate surface area is 195 Å². The highest BCUT2D eigenvalue weighted by molar-refractivity contribution is 6.12. The lowest BCUT2D eigenvalue weighted by atomic mass is 10.1. The number of aromatic nitrogens is 1. The number of anilines is 1. The van der Waals surface area contributed by atoms with Crippen molar-refractivity contribution in [2.45, 2.75) is 44.4 Å². The van der Waals surface area contributed by atoms with E-state index in [1.54, 1.807) is 19.0 Å². The number of β-amino-alcohol motifs (C(OH)–C–C–N with tert-alkyl or cyclic N) is 1. The lowest BCUT2D eigenvalue weighted by molar-refractivity contribution is -0.126. The Hall–Kier alpha value is -3.17. The smallest absolute Gasteiger partial charge is 0.270 e. The molecule has 1 aromatic heterocycles. The minimum atomic E-state index is -0.212. The maximum Gasteiger partial charge on any atom is 0.270 e. The maximum absolute atomic E-state index is 12.9. The number of rotatable bonds is 7. The number of pyridine rings is 1. The number of likely N-dealkylation sites (tertiary alicyclic amines) is 1. The standard InChI is InChI=1S/C24H33N7O2/c1-16(27-22-9-8-17(12-26-22)13-30-14-20(32)15-30)28-23-18(11-25)10-21(24(33)29(2)3)31(23)19-6-4-5-7-19/h8-12,19-20,32H,1,4-7,13-15,25H2,2-3H3,(H,26,27)/b18-11-,28-23+. The molecule has 1 saturated heterocycles. The number of hydrogen-bond donors (Lipinski definition) is 3. The molecule has 1 saturated carbocycles. The minimum Gasteiger partial charge on any atom is -0.404 e. The van der Waals surface area contributed by atoms with Crippen molar-refractivity contribution in [1.29, 1.82) is 0 Å². The van der Waals surface area contributed by atoms with Gasteiger partial charge >= 0.3 is 0 Å². The van der Waals surface area contributed by atoms with E-state index >= 15 is 0 Å². The maximum atomic E-state index is 12.9. The fourth-order valence-electron chi connectivity index (χ4n) is 4.53. The summed E-state index contributed by atoms with van der Waals surface area (Å²) in [5.74, 6) is 1.63. The van der Waals surface area contributed by atoms with Crippen molar-refractivity contribution in [3.8, 4) is 0 Å². The van der Waals surface area contributed by atoms with Gasteiger partial charge in [-0.25, -0.2) is 9.98 Å². The van der Waals surface area contributed by atoms with E-state index in [2.05, 4.69) is 21.8 Å². The summed E-state index contributed by atoms with van der Waals surface area (Å²) in [6.07, 6.45) is 9.18. The monoisotopic (exact) mass is 451 g/mol. The number of amidine groups is 1. The summed E-state index contributed by atoms with van der Waals surface area (Å²) in [6, 6.07) is 4.10. The van der Waals surface area contributed by atoms with Crippen LogP contribution in [0, 0.1) is 0 Å². The molecule has 2 fully saturated rings. The summed E-state index contributed by atoms with van der Waals surface area (Å²) in [4.78, 5) is 27.8. The van der Waals surface area contributed by atoms with Gasteiger partial charge in [0.05, 0.1) is 6.10 Å². The van der Waals surface area contributed by atoms with Crippen molar-refractivity contribution in [2.24, 2.45) is 10.7 Å². The molecule has 0 aromatic carbocycles. The summed E-state index contributed by atoms with van der Waals surface area (Å²) in [6.45, 7) is 6.24. The van der Waals surface area contributed by atoms with Crippen LogP contribution in [0.4, 0.5) is 5.82 Å². The van der Waals surface area contributed by atoms with Gasteiger partial charge in [0, 0.05) is 57.7 Å². The summed E-state index contributed by atoms with van der Waals surface area (Å²) in [5.41, 5.74) is 8.29. The first-order chi connectivity index (χ1) is 15.9. The number of aliphatic hydroxyl groups is 1. The number of amides is 1. The predicted octanol–water partition coefficient (Wildman–Crippen LogP) is 1.61. The van der Waals surface area contributed by atoms with E-state index in [0.29, 0.717) is 41.8 Å². The molecule has 0 spiro atoms. The van der Waals surface area contributed by atoms with E-state index in [0.717, 1.165) is 37.8 Å². The number of aliphatic hydroxyl groups excluding tert-OH is 1. The summed E-state index contributed by atoms with van der Waals surface area (Å²) < 4.78 is 0. The lowest BCUT2D eigenvalue weighted by Crippen LogP contribution is -2.49. The second-order valence-electron chi connectivity index (χ2n) is 9.07. The van der Waals surface area contributed by atoms with Gasteiger partial charge in [-0.15, -0.1) is 0 Å². The highest BCUT2D eigenvalue weighted by Gasteiger charge is 2.37. The van der Waals surface area contributed by atoms with E-state index < -0.39 is 0 Å². The molecule has 0 unspecified atom stereocenters. The molecule has 3 heterocycles. The van der Waals surface area contributed by atoms with Gasteiger partial charge in [-0.05, 0) is 30.5 Å². The molecule has 9 heteroatoms. The first-order valence-corrected chi connectivity index (χ1v) is 11.4. The molecule has 2 aliphatic heterocycles. The Bertz CT molecular complexity index is 985. The van der Waals surface area contributed by atoms with E-state index in [4.69, 9.17) is 10.7 Å². The number of carbonyl (C=O) groups is 1. The molecule has 176 valence electrons. The molecule has 1 aromatic rings. The third-order valence-corrected chi connectivity index (χ3v) is 6.21. The number of nitrogens with one attached hydrogen (secondary N) is 1. The highest BCUT2D eigenvalue weighted by Crippen LogP contribution is 2.33. The van der Waals surface area contributed by atoms with Crippen LogP contribution >= 0.6 is 0 Å². The zero-order valence-corrected chi connectivity index (χ0v) is 19.4. The van der Waals surface area contributed by atoms with Crippen molar-refractivity contribution in [1.82, 2.24) is 19.7 Å². The van der Waals surface area contributed by atoms with Crippen molar-refractivity contribution in [3.05, 3.63) is 59.8 Å². The Morgan fingerprint density at radius 1 is 1.36 bits per heavy atom. The average Bonchev–Trinajstić information content (AvgIpc) is 3.41. The van der Waals surface area contributed by atoms with Crippen LogP contribution in [0.25, 0.3) is 0 Å². The number of likely N-dealkylation sites (N-methyl/N-ethyl adjacent to an activating group) is 1. The molecule has 9 nitrogen and oxygen atoms in total. The van der Waals surface area contributed by atoms with Crippen molar-refractivity contribution >= 4 is 17.6 Å². The van der Waals surface area contributed by atoms with Gasteiger partial charge in [0.2, 0.25) is 0 Å². The highest BCUT2D eigenvalue weighted by atomic mass is 16.3.